The maximum Gasteiger partial charge on any atom is 0.407 e. The van der Waals surface area contributed by atoms with Crippen molar-refractivity contribution in [2.45, 2.75) is 38.7 Å². The highest BCUT2D eigenvalue weighted by molar-refractivity contribution is 8.04. The van der Waals surface area contributed by atoms with E-state index < -0.39 is 11.7 Å². The smallest absolute Gasteiger partial charge is 0.407 e. The van der Waals surface area contributed by atoms with Crippen molar-refractivity contribution < 1.29 is 14.3 Å². The van der Waals surface area contributed by atoms with E-state index in [0.29, 0.717) is 12.3 Å². The van der Waals surface area contributed by atoms with Crippen molar-refractivity contribution in [2.24, 2.45) is 0 Å². The minimum absolute atomic E-state index is 0.108. The SMILES string of the molecule is C=C(/C=C\C(=C/C)C1NC=C(CNC(=O)OC(C)(C)C)S1)OC. The Kier molecular flexibility index (Phi) is 7.29. The van der Waals surface area contributed by atoms with Gasteiger partial charge in [0.05, 0.1) is 13.7 Å². The number of nitrogens with one attached hydrogen (secondary N) is 2. The fourth-order valence-electron chi connectivity index (χ4n) is 1.71. The maximum absolute atomic E-state index is 11.7. The van der Waals surface area contributed by atoms with E-state index in [0.717, 1.165) is 10.5 Å². The third kappa shape index (κ3) is 7.32. The molecule has 1 heterocycles. The summed E-state index contributed by atoms with van der Waals surface area (Å²) < 4.78 is 10.2. The van der Waals surface area contributed by atoms with Crippen LogP contribution in [0.15, 0.2) is 47.2 Å². The average molecular weight is 338 g/mol. The largest absolute Gasteiger partial charge is 0.497 e. The Morgan fingerprint density at radius 1 is 1.48 bits per heavy atom. The van der Waals surface area contributed by atoms with Crippen molar-refractivity contribution in [3.05, 3.63) is 47.2 Å². The lowest BCUT2D eigenvalue weighted by Gasteiger charge is -2.19. The van der Waals surface area contributed by atoms with Crippen LogP contribution in [0.3, 0.4) is 0 Å². The molecule has 1 rings (SSSR count). The van der Waals surface area contributed by atoms with Gasteiger partial charge in [0, 0.05) is 11.1 Å². The number of alkyl carbamates (subject to hydrolysis) is 1. The summed E-state index contributed by atoms with van der Waals surface area (Å²) in [6, 6.07) is 0. The van der Waals surface area contributed by atoms with Crippen LogP contribution in [0.1, 0.15) is 27.7 Å². The van der Waals surface area contributed by atoms with Crippen LogP contribution in [0.4, 0.5) is 4.79 Å². The molecule has 0 fully saturated rings. The fourth-order valence-corrected chi connectivity index (χ4v) is 2.79. The summed E-state index contributed by atoms with van der Waals surface area (Å²) in [7, 11) is 1.59. The molecule has 0 saturated heterocycles. The zero-order chi connectivity index (χ0) is 17.5. The van der Waals surface area contributed by atoms with Crippen LogP contribution in [0.5, 0.6) is 0 Å². The van der Waals surface area contributed by atoms with Gasteiger partial charge >= 0.3 is 6.09 Å². The number of hydrogen-bond acceptors (Lipinski definition) is 5. The Labute approximate surface area is 142 Å². The topological polar surface area (TPSA) is 59.6 Å². The number of hydrogen-bond donors (Lipinski definition) is 2. The summed E-state index contributed by atoms with van der Waals surface area (Å²) >= 11 is 1.65. The lowest BCUT2D eigenvalue weighted by molar-refractivity contribution is 0.0533. The molecule has 128 valence electrons. The third-order valence-electron chi connectivity index (χ3n) is 2.83. The summed E-state index contributed by atoms with van der Waals surface area (Å²) in [5.74, 6) is 0.604. The quantitative estimate of drug-likeness (QED) is 0.571. The number of ether oxygens (including phenoxy) is 2. The van der Waals surface area contributed by atoms with Gasteiger partial charge in [0.2, 0.25) is 0 Å². The highest BCUT2D eigenvalue weighted by atomic mass is 32.2. The molecule has 0 aromatic rings. The summed E-state index contributed by atoms with van der Waals surface area (Å²) in [4.78, 5) is 12.7. The average Bonchev–Trinajstić information content (AvgIpc) is 2.92. The molecule has 1 aliphatic heterocycles. The van der Waals surface area contributed by atoms with E-state index >= 15 is 0 Å². The van der Waals surface area contributed by atoms with E-state index in [4.69, 9.17) is 9.47 Å². The molecule has 1 aliphatic rings. The van der Waals surface area contributed by atoms with Gasteiger partial charge in [-0.2, -0.15) is 0 Å². The van der Waals surface area contributed by atoms with Crippen molar-refractivity contribution in [1.82, 2.24) is 10.6 Å². The van der Waals surface area contributed by atoms with E-state index in [1.54, 1.807) is 18.9 Å². The minimum atomic E-state index is -0.491. The van der Waals surface area contributed by atoms with Gasteiger partial charge in [-0.15, -0.1) is 0 Å². The minimum Gasteiger partial charge on any atom is -0.497 e. The van der Waals surface area contributed by atoms with Crippen molar-refractivity contribution in [3.8, 4) is 0 Å². The first-order valence-electron chi connectivity index (χ1n) is 7.41. The summed E-state index contributed by atoms with van der Waals surface area (Å²) in [5.41, 5.74) is 0.617. The molecule has 2 N–H and O–H groups in total. The predicted octanol–water partition coefficient (Wildman–Crippen LogP) is 3.68. The van der Waals surface area contributed by atoms with Gasteiger partial charge in [-0.1, -0.05) is 30.5 Å². The number of carbonyl (C=O) groups is 1. The zero-order valence-electron chi connectivity index (χ0n) is 14.4. The number of allylic oxidation sites excluding steroid dienone is 2. The lowest BCUT2D eigenvalue weighted by atomic mass is 10.2. The van der Waals surface area contributed by atoms with Crippen LogP contribution in [0, 0.1) is 0 Å². The molecule has 1 unspecified atom stereocenters. The van der Waals surface area contributed by atoms with Gasteiger partial charge in [0.25, 0.3) is 0 Å². The van der Waals surface area contributed by atoms with Crippen LogP contribution in [0.25, 0.3) is 0 Å². The molecule has 0 saturated carbocycles. The van der Waals surface area contributed by atoms with Crippen LogP contribution >= 0.6 is 11.8 Å². The van der Waals surface area contributed by atoms with Gasteiger partial charge in [-0.3, -0.25) is 0 Å². The number of carbonyl (C=O) groups excluding carboxylic acids is 1. The van der Waals surface area contributed by atoms with Crippen LogP contribution in [0.2, 0.25) is 0 Å². The van der Waals surface area contributed by atoms with E-state index in [9.17, 15) is 4.79 Å². The van der Waals surface area contributed by atoms with Gasteiger partial charge in [-0.25, -0.2) is 4.79 Å². The highest BCUT2D eigenvalue weighted by Gasteiger charge is 2.21. The van der Waals surface area contributed by atoms with Gasteiger partial charge < -0.3 is 20.1 Å². The maximum atomic E-state index is 11.7. The van der Waals surface area contributed by atoms with Crippen molar-refractivity contribution in [1.29, 1.82) is 0 Å². The number of amides is 1. The Bertz CT molecular complexity index is 530. The summed E-state index contributed by atoms with van der Waals surface area (Å²) in [5, 5.41) is 6.15. The van der Waals surface area contributed by atoms with Gasteiger partial charge in [0.1, 0.15) is 16.7 Å². The molecule has 23 heavy (non-hydrogen) atoms. The first-order chi connectivity index (χ1) is 10.7. The molecular formula is C17H26N2O3S. The van der Waals surface area contributed by atoms with E-state index in [1.165, 1.54) is 0 Å². The molecule has 1 amide bonds. The Morgan fingerprint density at radius 2 is 2.17 bits per heavy atom. The number of methoxy groups -OCH3 is 1. The molecule has 0 spiro atoms. The predicted molar refractivity (Wildman–Crippen MR) is 95.9 cm³/mol. The summed E-state index contributed by atoms with van der Waals surface area (Å²) in [6.07, 6.45) is 7.32. The first kappa shape index (κ1) is 19.2. The Morgan fingerprint density at radius 3 is 2.74 bits per heavy atom. The van der Waals surface area contributed by atoms with E-state index in [1.807, 2.05) is 52.1 Å². The molecule has 0 radical (unpaired) electrons. The second-order valence-corrected chi connectivity index (χ2v) is 7.15. The van der Waals surface area contributed by atoms with E-state index in [2.05, 4.69) is 17.2 Å². The third-order valence-corrected chi connectivity index (χ3v) is 4.04. The van der Waals surface area contributed by atoms with Crippen molar-refractivity contribution >= 4 is 17.9 Å². The highest BCUT2D eigenvalue weighted by Crippen LogP contribution is 2.30. The molecule has 0 aromatic carbocycles. The van der Waals surface area contributed by atoms with Crippen molar-refractivity contribution in [3.63, 3.8) is 0 Å². The molecule has 6 heteroatoms. The number of thioether (sulfide) groups is 1. The zero-order valence-corrected chi connectivity index (χ0v) is 15.3. The van der Waals surface area contributed by atoms with E-state index in [-0.39, 0.29) is 5.37 Å². The second kappa shape index (κ2) is 8.72. The van der Waals surface area contributed by atoms with Crippen LogP contribution in [-0.4, -0.2) is 30.7 Å². The molecule has 1 atom stereocenters. The molecule has 0 bridgehead atoms. The van der Waals surface area contributed by atoms with Gasteiger partial charge in [0.15, 0.2) is 0 Å². The Hall–Kier alpha value is -1.82. The molecule has 0 aromatic heterocycles. The summed E-state index contributed by atoms with van der Waals surface area (Å²) in [6.45, 7) is 11.7. The standard InChI is InChI=1S/C17H26N2O3S/c1-7-13(9-8-12(2)21-6)15-18-10-14(23-15)11-19-16(20)22-17(3,4)5/h7-10,15,18H,2,11H2,1,3-6H3,(H,19,20)/b9-8-,13-7+. The van der Waals surface area contributed by atoms with Crippen LogP contribution < -0.4 is 10.6 Å². The lowest BCUT2D eigenvalue weighted by Crippen LogP contribution is -2.33. The van der Waals surface area contributed by atoms with Gasteiger partial charge in [-0.05, 0) is 39.3 Å². The Balaban J connectivity index is 2.46. The fraction of sp³-hybridized carbons (Fsp3) is 0.471. The normalized spacial score (nSPS) is 18.4. The number of rotatable bonds is 6. The second-order valence-electron chi connectivity index (χ2n) is 5.92. The molecule has 0 aliphatic carbocycles. The van der Waals surface area contributed by atoms with Crippen LogP contribution in [-0.2, 0) is 9.47 Å². The molecular weight excluding hydrogens is 312 g/mol. The monoisotopic (exact) mass is 338 g/mol. The van der Waals surface area contributed by atoms with Crippen molar-refractivity contribution in [2.75, 3.05) is 13.7 Å². The molecule has 5 nitrogen and oxygen atoms in total. The first-order valence-corrected chi connectivity index (χ1v) is 8.29.